The topological polar surface area (TPSA) is 146 Å². The molecule has 4 saturated heterocycles. The van der Waals surface area contributed by atoms with Crippen LogP contribution in [0.25, 0.3) is 10.9 Å². The van der Waals surface area contributed by atoms with E-state index in [1.54, 1.807) is 11.1 Å². The number of imide groups is 1. The maximum Gasteiger partial charge on any atom is 0.328 e. The Hall–Kier alpha value is -3.98. The Balaban J connectivity index is 1.26. The Bertz CT molecular complexity index is 1750. The summed E-state index contributed by atoms with van der Waals surface area (Å²) in [5.74, 6) is -0.932. The number of carbonyl (C=O) groups is 2. The van der Waals surface area contributed by atoms with E-state index in [4.69, 9.17) is 4.74 Å². The van der Waals surface area contributed by atoms with Crippen LogP contribution in [0.15, 0.2) is 65.7 Å². The van der Waals surface area contributed by atoms with Gasteiger partial charge in [-0.05, 0) is 30.2 Å². The molecule has 4 aliphatic rings. The number of pyridine rings is 1. The quantitative estimate of drug-likeness (QED) is 0.224. The summed E-state index contributed by atoms with van der Waals surface area (Å²) in [6.45, 7) is 2.88. The Kier molecular flexibility index (Phi) is 6.69. The summed E-state index contributed by atoms with van der Waals surface area (Å²) < 4.78 is 34.2. The number of sulfonamides is 1. The van der Waals surface area contributed by atoms with E-state index in [2.05, 4.69) is 9.88 Å². The predicted octanol–water partition coefficient (Wildman–Crippen LogP) is 2.24. The summed E-state index contributed by atoms with van der Waals surface area (Å²) in [6, 6.07) is 13.9. The van der Waals surface area contributed by atoms with Crippen LogP contribution in [0, 0.1) is 16.0 Å². The number of fused-ring (bicyclic) bond motifs is 1. The van der Waals surface area contributed by atoms with Gasteiger partial charge in [-0.3, -0.25) is 29.7 Å². The minimum Gasteiger partial charge on any atom is -0.379 e. The van der Waals surface area contributed by atoms with Crippen LogP contribution in [0.4, 0.5) is 10.5 Å². The number of para-hydroxylation sites is 2. The number of hydrogen-bond donors (Lipinski definition) is 0. The minimum absolute atomic E-state index is 0.0429. The first-order valence-corrected chi connectivity index (χ1v) is 15.7. The number of ether oxygens (including phenoxy) is 1. The van der Waals surface area contributed by atoms with E-state index in [-0.39, 0.29) is 19.6 Å². The van der Waals surface area contributed by atoms with Crippen LogP contribution >= 0.6 is 0 Å². The molecule has 224 valence electrons. The van der Waals surface area contributed by atoms with Crippen molar-refractivity contribution in [1.82, 2.24) is 24.0 Å². The molecular weight excluding hydrogens is 576 g/mol. The van der Waals surface area contributed by atoms with Crippen molar-refractivity contribution in [2.45, 2.75) is 22.9 Å². The molecule has 0 aliphatic carbocycles. The van der Waals surface area contributed by atoms with Crippen molar-refractivity contribution in [2.75, 3.05) is 52.5 Å². The number of nitrogens with zero attached hydrogens (tertiary/aromatic N) is 6. The standard InChI is InChI=1S/C29H30N6O7S/c36-27-29-19-32(43(40,41)26-8-4-3-7-24(26)35(38)39)18-22(29)16-25(21-15-20-5-1-2-6-23(20)30-17-21)34(29)28(37)33(27)10-9-31-11-13-42-14-12-31/h1-8,15,17,22,25H,9-14,16,18-19H2/t22-,25?,29-/m1/s1. The van der Waals surface area contributed by atoms with Gasteiger partial charge in [-0.15, -0.1) is 0 Å². The van der Waals surface area contributed by atoms with Crippen molar-refractivity contribution in [2.24, 2.45) is 5.92 Å². The maximum atomic E-state index is 14.3. The van der Waals surface area contributed by atoms with Gasteiger partial charge in [0.1, 0.15) is 5.54 Å². The molecule has 3 amide bonds. The van der Waals surface area contributed by atoms with Gasteiger partial charge in [0, 0.05) is 62.8 Å². The summed E-state index contributed by atoms with van der Waals surface area (Å²) in [4.78, 5) is 48.5. The highest BCUT2D eigenvalue weighted by molar-refractivity contribution is 7.89. The van der Waals surface area contributed by atoms with Crippen LogP contribution in [-0.4, -0.2) is 107 Å². The highest BCUT2D eigenvalue weighted by Crippen LogP contribution is 2.55. The second-order valence-electron chi connectivity index (χ2n) is 11.4. The first-order chi connectivity index (χ1) is 20.7. The number of carbonyl (C=O) groups excluding carboxylic acids is 2. The fourth-order valence-electron chi connectivity index (χ4n) is 7.12. The molecule has 2 aromatic carbocycles. The normalized spacial score (nSPS) is 26.3. The summed E-state index contributed by atoms with van der Waals surface area (Å²) in [5.41, 5.74) is -0.377. The van der Waals surface area contributed by atoms with Crippen LogP contribution < -0.4 is 0 Å². The van der Waals surface area contributed by atoms with Crippen molar-refractivity contribution in [1.29, 1.82) is 0 Å². The molecule has 43 heavy (non-hydrogen) atoms. The van der Waals surface area contributed by atoms with E-state index >= 15 is 0 Å². The van der Waals surface area contributed by atoms with Crippen molar-refractivity contribution in [3.8, 4) is 0 Å². The van der Waals surface area contributed by atoms with Gasteiger partial charge < -0.3 is 9.64 Å². The lowest BCUT2D eigenvalue weighted by molar-refractivity contribution is -0.387. The fourth-order valence-corrected chi connectivity index (χ4v) is 8.80. The van der Waals surface area contributed by atoms with Gasteiger partial charge in [0.25, 0.3) is 11.6 Å². The zero-order chi connectivity index (χ0) is 29.9. The molecule has 0 saturated carbocycles. The molecule has 1 aromatic heterocycles. The van der Waals surface area contributed by atoms with Crippen molar-refractivity contribution in [3.05, 3.63) is 76.5 Å². The number of morpholine rings is 1. The Morgan fingerprint density at radius 1 is 1.05 bits per heavy atom. The molecule has 0 radical (unpaired) electrons. The number of benzene rings is 2. The zero-order valence-corrected chi connectivity index (χ0v) is 24.1. The Morgan fingerprint density at radius 2 is 1.79 bits per heavy atom. The largest absolute Gasteiger partial charge is 0.379 e. The molecule has 0 bridgehead atoms. The Morgan fingerprint density at radius 3 is 2.58 bits per heavy atom. The van der Waals surface area contributed by atoms with Gasteiger partial charge >= 0.3 is 6.03 Å². The molecule has 4 aliphatic heterocycles. The predicted molar refractivity (Wildman–Crippen MR) is 153 cm³/mol. The number of hydrogen-bond acceptors (Lipinski definition) is 9. The van der Waals surface area contributed by atoms with Crippen LogP contribution in [0.2, 0.25) is 0 Å². The average molecular weight is 607 g/mol. The third-order valence-corrected chi connectivity index (χ3v) is 11.1. The molecule has 14 heteroatoms. The number of aromatic nitrogens is 1. The molecule has 5 heterocycles. The van der Waals surface area contributed by atoms with Gasteiger partial charge in [-0.2, -0.15) is 4.31 Å². The number of amides is 3. The molecule has 3 aromatic rings. The van der Waals surface area contributed by atoms with Gasteiger partial charge in [0.2, 0.25) is 10.0 Å². The molecule has 0 N–H and O–H groups in total. The second-order valence-corrected chi connectivity index (χ2v) is 13.3. The van der Waals surface area contributed by atoms with Gasteiger partial charge in [-0.25, -0.2) is 13.2 Å². The first kappa shape index (κ1) is 27.8. The number of nitro groups is 1. The summed E-state index contributed by atoms with van der Waals surface area (Å²) in [5, 5.41) is 12.6. The lowest BCUT2D eigenvalue weighted by Gasteiger charge is -2.31. The number of rotatable bonds is 7. The van der Waals surface area contributed by atoms with Gasteiger partial charge in [0.05, 0.1) is 29.7 Å². The average Bonchev–Trinajstić information content (AvgIpc) is 3.62. The molecular formula is C29H30N6O7S. The minimum atomic E-state index is -4.35. The summed E-state index contributed by atoms with van der Waals surface area (Å²) in [6.07, 6.45) is 2.08. The van der Waals surface area contributed by atoms with Crippen molar-refractivity contribution >= 4 is 38.6 Å². The van der Waals surface area contributed by atoms with Crippen molar-refractivity contribution in [3.63, 3.8) is 0 Å². The zero-order valence-electron chi connectivity index (χ0n) is 23.2. The molecule has 4 fully saturated rings. The van der Waals surface area contributed by atoms with E-state index in [1.165, 1.54) is 23.1 Å². The van der Waals surface area contributed by atoms with E-state index in [0.717, 1.165) is 26.8 Å². The third kappa shape index (κ3) is 4.31. The SMILES string of the molecule is O=C1N(CCN2CCOCC2)C(=O)[C@@]23CN(S(=O)(=O)c4ccccc4[N+](=O)[O-])C[C@H]2CC(c2cnc4ccccc4c2)N13. The molecule has 13 nitrogen and oxygen atoms in total. The molecule has 3 atom stereocenters. The highest BCUT2D eigenvalue weighted by atomic mass is 32.2. The van der Waals surface area contributed by atoms with E-state index in [1.807, 2.05) is 30.3 Å². The van der Waals surface area contributed by atoms with E-state index in [9.17, 15) is 28.1 Å². The number of nitro benzene ring substituents is 1. The first-order valence-electron chi connectivity index (χ1n) is 14.3. The number of urea groups is 1. The van der Waals surface area contributed by atoms with Crippen LogP contribution in [0.3, 0.4) is 0 Å². The van der Waals surface area contributed by atoms with E-state index < -0.39 is 55.0 Å². The van der Waals surface area contributed by atoms with Crippen molar-refractivity contribution < 1.29 is 27.7 Å². The smallest absolute Gasteiger partial charge is 0.328 e. The van der Waals surface area contributed by atoms with Gasteiger partial charge in [-0.1, -0.05) is 30.3 Å². The van der Waals surface area contributed by atoms with Crippen LogP contribution in [0.5, 0.6) is 0 Å². The second kappa shape index (κ2) is 10.3. The summed E-state index contributed by atoms with van der Waals surface area (Å²) in [7, 11) is -4.35. The highest BCUT2D eigenvalue weighted by Gasteiger charge is 2.71. The monoisotopic (exact) mass is 606 g/mol. The summed E-state index contributed by atoms with van der Waals surface area (Å²) >= 11 is 0. The molecule has 1 unspecified atom stereocenters. The lowest BCUT2D eigenvalue weighted by Crippen LogP contribution is -2.52. The van der Waals surface area contributed by atoms with Crippen LogP contribution in [0.1, 0.15) is 18.0 Å². The molecule has 1 spiro atoms. The van der Waals surface area contributed by atoms with E-state index in [0.29, 0.717) is 39.3 Å². The maximum absolute atomic E-state index is 14.3. The Labute approximate surface area is 247 Å². The van der Waals surface area contributed by atoms with Gasteiger partial charge in [0.15, 0.2) is 4.90 Å². The molecule has 7 rings (SSSR count). The lowest BCUT2D eigenvalue weighted by atomic mass is 9.87. The fraction of sp³-hybridized carbons (Fsp3) is 0.414. The third-order valence-electron chi connectivity index (χ3n) is 9.24. The van der Waals surface area contributed by atoms with Crippen LogP contribution in [-0.2, 0) is 19.6 Å².